The summed E-state index contributed by atoms with van der Waals surface area (Å²) in [7, 11) is 0. The first kappa shape index (κ1) is 33.4. The van der Waals surface area contributed by atoms with E-state index in [9.17, 15) is 14.4 Å². The maximum atomic E-state index is 12.6. The Hall–Kier alpha value is -4.09. The maximum absolute atomic E-state index is 12.6. The van der Waals surface area contributed by atoms with Gasteiger partial charge in [-0.1, -0.05) is 91.0 Å². The van der Waals surface area contributed by atoms with E-state index in [1.165, 1.54) is 0 Å². The van der Waals surface area contributed by atoms with Gasteiger partial charge in [-0.25, -0.2) is 0 Å². The number of hydrogen-bond acceptors (Lipinski definition) is 7. The molecular weight excluding hydrogens is 542 g/mol. The van der Waals surface area contributed by atoms with Gasteiger partial charge in [0.2, 0.25) is 17.7 Å². The van der Waals surface area contributed by atoms with Gasteiger partial charge in [-0.3, -0.25) is 19.3 Å². The van der Waals surface area contributed by atoms with Crippen LogP contribution in [-0.4, -0.2) is 80.0 Å². The van der Waals surface area contributed by atoms with Gasteiger partial charge in [-0.15, -0.1) is 0 Å². The van der Waals surface area contributed by atoms with Gasteiger partial charge in [0.05, 0.1) is 18.1 Å². The Morgan fingerprint density at radius 1 is 0.488 bits per heavy atom. The van der Waals surface area contributed by atoms with E-state index < -0.39 is 18.1 Å². The molecule has 230 valence electrons. The highest BCUT2D eigenvalue weighted by Gasteiger charge is 2.17. The molecule has 3 aromatic rings. The van der Waals surface area contributed by atoms with Gasteiger partial charge in [0.25, 0.3) is 0 Å². The minimum atomic E-state index is -0.661. The summed E-state index contributed by atoms with van der Waals surface area (Å²) in [5.74, 6) is -0.697. The molecule has 0 fully saturated rings. The van der Waals surface area contributed by atoms with Crippen molar-refractivity contribution in [3.05, 3.63) is 108 Å². The third-order valence-corrected chi connectivity index (χ3v) is 7.09. The van der Waals surface area contributed by atoms with Crippen LogP contribution in [0.25, 0.3) is 0 Å². The van der Waals surface area contributed by atoms with E-state index in [-0.39, 0.29) is 17.7 Å². The van der Waals surface area contributed by atoms with Crippen LogP contribution in [0.4, 0.5) is 0 Å². The predicted octanol–water partition coefficient (Wildman–Crippen LogP) is 0.347. The molecule has 0 saturated heterocycles. The highest BCUT2D eigenvalue weighted by atomic mass is 16.2. The molecule has 9 N–H and O–H groups in total. The van der Waals surface area contributed by atoms with Crippen molar-refractivity contribution in [2.45, 2.75) is 37.4 Å². The molecule has 3 atom stereocenters. The summed E-state index contributed by atoms with van der Waals surface area (Å²) in [5, 5.41) is 8.71. The lowest BCUT2D eigenvalue weighted by atomic mass is 10.1. The van der Waals surface area contributed by atoms with E-state index in [1.807, 2.05) is 91.0 Å². The number of nitrogens with zero attached hydrogens (tertiary/aromatic N) is 1. The third-order valence-electron chi connectivity index (χ3n) is 7.09. The first-order valence-electron chi connectivity index (χ1n) is 14.8. The molecule has 3 rings (SSSR count). The molecule has 3 amide bonds. The minimum Gasteiger partial charge on any atom is -0.353 e. The summed E-state index contributed by atoms with van der Waals surface area (Å²) in [6.45, 7) is 2.60. The summed E-state index contributed by atoms with van der Waals surface area (Å²) in [4.78, 5) is 39.8. The van der Waals surface area contributed by atoms with E-state index in [4.69, 9.17) is 17.2 Å². The monoisotopic (exact) mass is 587 g/mol. The Bertz CT molecular complexity index is 1090. The number of benzene rings is 3. The molecule has 0 aliphatic rings. The van der Waals surface area contributed by atoms with E-state index in [0.29, 0.717) is 58.5 Å². The molecule has 0 aliphatic carbocycles. The van der Waals surface area contributed by atoms with Crippen LogP contribution in [0.3, 0.4) is 0 Å². The van der Waals surface area contributed by atoms with Crippen LogP contribution < -0.4 is 33.2 Å². The van der Waals surface area contributed by atoms with E-state index in [2.05, 4.69) is 20.9 Å². The molecular formula is C33H45N7O3. The smallest absolute Gasteiger partial charge is 0.237 e. The Kier molecular flexibility index (Phi) is 14.3. The lowest BCUT2D eigenvalue weighted by Crippen LogP contribution is -2.49. The molecule has 0 spiro atoms. The number of nitrogens with one attached hydrogen (secondary N) is 3. The normalized spacial score (nSPS) is 13.1. The van der Waals surface area contributed by atoms with Crippen LogP contribution >= 0.6 is 0 Å². The lowest BCUT2D eigenvalue weighted by Gasteiger charge is -2.24. The van der Waals surface area contributed by atoms with E-state index in [1.54, 1.807) is 0 Å². The first-order chi connectivity index (χ1) is 20.8. The van der Waals surface area contributed by atoms with Gasteiger partial charge < -0.3 is 33.2 Å². The lowest BCUT2D eigenvalue weighted by molar-refractivity contribution is -0.122. The van der Waals surface area contributed by atoms with Crippen molar-refractivity contribution in [2.75, 3.05) is 39.3 Å². The molecule has 3 aromatic carbocycles. The SMILES string of the molecule is NC(Cc1ccccc1)C(=O)NCCN(CCNC(=O)C(N)Cc1ccccc1)CCNC(=O)C(N)Cc1ccccc1. The summed E-state index contributed by atoms with van der Waals surface area (Å²) in [6.07, 6.45) is 1.34. The molecule has 0 aliphatic heterocycles. The number of rotatable bonds is 18. The fraction of sp³-hybridized carbons (Fsp3) is 0.364. The van der Waals surface area contributed by atoms with Crippen LogP contribution in [0.15, 0.2) is 91.0 Å². The number of carbonyl (C=O) groups excluding carboxylic acids is 3. The van der Waals surface area contributed by atoms with Crippen LogP contribution in [0, 0.1) is 0 Å². The minimum absolute atomic E-state index is 0.232. The molecule has 0 saturated carbocycles. The molecule has 0 radical (unpaired) electrons. The zero-order valence-electron chi connectivity index (χ0n) is 24.7. The van der Waals surface area contributed by atoms with Crippen molar-refractivity contribution >= 4 is 17.7 Å². The fourth-order valence-corrected chi connectivity index (χ4v) is 4.62. The maximum Gasteiger partial charge on any atom is 0.237 e. The first-order valence-corrected chi connectivity index (χ1v) is 14.8. The number of hydrogen-bond donors (Lipinski definition) is 6. The molecule has 0 heterocycles. The Morgan fingerprint density at radius 3 is 1.00 bits per heavy atom. The van der Waals surface area contributed by atoms with Crippen molar-refractivity contribution < 1.29 is 14.4 Å². The Balaban J connectivity index is 1.46. The van der Waals surface area contributed by atoms with Crippen LogP contribution in [-0.2, 0) is 33.6 Å². The fourth-order valence-electron chi connectivity index (χ4n) is 4.62. The summed E-state index contributed by atoms with van der Waals surface area (Å²) in [5.41, 5.74) is 21.3. The summed E-state index contributed by atoms with van der Waals surface area (Å²) < 4.78 is 0. The van der Waals surface area contributed by atoms with Crippen molar-refractivity contribution in [3.63, 3.8) is 0 Å². The second-order valence-electron chi connectivity index (χ2n) is 10.6. The standard InChI is InChI=1S/C33H45N7O3/c34-28(22-25-10-4-1-5-11-25)31(41)37-16-19-40(20-17-38-32(42)29(35)23-26-12-6-2-7-13-26)21-18-39-33(43)30(36)24-27-14-8-3-9-15-27/h1-15,28-30H,16-24,34-36H2,(H,37,41)(H,38,42)(H,39,43). The quantitative estimate of drug-likeness (QED) is 0.125. The molecule has 3 unspecified atom stereocenters. The second kappa shape index (κ2) is 18.4. The Labute approximate surface area is 254 Å². The zero-order valence-corrected chi connectivity index (χ0v) is 24.7. The van der Waals surface area contributed by atoms with E-state index >= 15 is 0 Å². The van der Waals surface area contributed by atoms with Gasteiger partial charge >= 0.3 is 0 Å². The van der Waals surface area contributed by atoms with Crippen molar-refractivity contribution in [1.82, 2.24) is 20.9 Å². The van der Waals surface area contributed by atoms with Crippen LogP contribution in [0.5, 0.6) is 0 Å². The molecule has 0 bridgehead atoms. The highest BCUT2D eigenvalue weighted by molar-refractivity contribution is 5.82. The van der Waals surface area contributed by atoms with Gasteiger partial charge in [-0.2, -0.15) is 0 Å². The van der Waals surface area contributed by atoms with Crippen LogP contribution in [0.2, 0.25) is 0 Å². The Morgan fingerprint density at radius 2 is 0.744 bits per heavy atom. The largest absolute Gasteiger partial charge is 0.353 e. The highest BCUT2D eigenvalue weighted by Crippen LogP contribution is 2.04. The molecule has 10 heteroatoms. The van der Waals surface area contributed by atoms with Gasteiger partial charge in [0, 0.05) is 39.3 Å². The van der Waals surface area contributed by atoms with Gasteiger partial charge in [0.15, 0.2) is 0 Å². The second-order valence-corrected chi connectivity index (χ2v) is 10.6. The number of carbonyl (C=O) groups is 3. The topological polar surface area (TPSA) is 169 Å². The average molecular weight is 588 g/mol. The summed E-state index contributed by atoms with van der Waals surface area (Å²) >= 11 is 0. The summed E-state index contributed by atoms with van der Waals surface area (Å²) in [6, 6.07) is 26.9. The average Bonchev–Trinajstić information content (AvgIpc) is 3.02. The molecule has 10 nitrogen and oxygen atoms in total. The van der Waals surface area contributed by atoms with Crippen molar-refractivity contribution in [2.24, 2.45) is 17.2 Å². The van der Waals surface area contributed by atoms with E-state index in [0.717, 1.165) is 16.7 Å². The molecule has 0 aromatic heterocycles. The van der Waals surface area contributed by atoms with Crippen molar-refractivity contribution in [3.8, 4) is 0 Å². The molecule has 43 heavy (non-hydrogen) atoms. The van der Waals surface area contributed by atoms with Crippen molar-refractivity contribution in [1.29, 1.82) is 0 Å². The number of nitrogens with two attached hydrogens (primary N) is 3. The zero-order chi connectivity index (χ0) is 30.9. The third kappa shape index (κ3) is 12.8. The number of amides is 3. The van der Waals surface area contributed by atoms with Crippen LogP contribution in [0.1, 0.15) is 16.7 Å². The van der Waals surface area contributed by atoms with Gasteiger partial charge in [-0.05, 0) is 36.0 Å². The predicted molar refractivity (Wildman–Crippen MR) is 170 cm³/mol. The van der Waals surface area contributed by atoms with Gasteiger partial charge in [0.1, 0.15) is 0 Å².